The summed E-state index contributed by atoms with van der Waals surface area (Å²) in [5, 5.41) is 2.71. The molecular formula is C17H16BrFN2O2. The van der Waals surface area contributed by atoms with Crippen LogP contribution in [0.5, 0.6) is 0 Å². The van der Waals surface area contributed by atoms with Gasteiger partial charge in [-0.1, -0.05) is 34.1 Å². The first kappa shape index (κ1) is 17.1. The smallest absolute Gasteiger partial charge is 0.244 e. The zero-order valence-electron chi connectivity index (χ0n) is 12.6. The molecule has 0 bridgehead atoms. The van der Waals surface area contributed by atoms with Crippen molar-refractivity contribution in [1.29, 1.82) is 0 Å². The van der Waals surface area contributed by atoms with E-state index >= 15 is 0 Å². The second-order valence-electron chi connectivity index (χ2n) is 5.02. The Morgan fingerprint density at radius 3 is 2.39 bits per heavy atom. The minimum absolute atomic E-state index is 0.0514. The summed E-state index contributed by atoms with van der Waals surface area (Å²) in [6, 6.07) is 13.3. The SMILES string of the molecule is CC(=O)N(CC(=O)Nc1ccc(Br)cc1)Cc1ccccc1F. The van der Waals surface area contributed by atoms with Gasteiger partial charge in [-0.05, 0) is 30.3 Å². The standard InChI is InChI=1S/C17H16BrFN2O2/c1-12(22)21(10-13-4-2-3-5-16(13)19)11-17(23)20-15-8-6-14(18)7-9-15/h2-9H,10-11H2,1H3,(H,20,23). The van der Waals surface area contributed by atoms with Crippen molar-refractivity contribution in [2.75, 3.05) is 11.9 Å². The van der Waals surface area contributed by atoms with Crippen LogP contribution in [-0.2, 0) is 16.1 Å². The minimum Gasteiger partial charge on any atom is -0.329 e. The van der Waals surface area contributed by atoms with Crippen LogP contribution in [-0.4, -0.2) is 23.3 Å². The Morgan fingerprint density at radius 1 is 1.13 bits per heavy atom. The Kier molecular flexibility index (Phi) is 5.87. The van der Waals surface area contributed by atoms with Crippen molar-refractivity contribution >= 4 is 33.4 Å². The summed E-state index contributed by atoms with van der Waals surface area (Å²) in [5.74, 6) is -1.02. The highest BCUT2D eigenvalue weighted by Crippen LogP contribution is 2.14. The molecule has 23 heavy (non-hydrogen) atoms. The van der Waals surface area contributed by atoms with Gasteiger partial charge in [0.2, 0.25) is 11.8 Å². The average Bonchev–Trinajstić information content (AvgIpc) is 2.51. The molecule has 0 atom stereocenters. The van der Waals surface area contributed by atoms with Crippen LogP contribution in [0.4, 0.5) is 10.1 Å². The first-order chi connectivity index (χ1) is 11.0. The number of nitrogens with one attached hydrogen (secondary N) is 1. The fraction of sp³-hybridized carbons (Fsp3) is 0.176. The molecular weight excluding hydrogens is 363 g/mol. The molecule has 0 spiro atoms. The highest BCUT2D eigenvalue weighted by atomic mass is 79.9. The van der Waals surface area contributed by atoms with Gasteiger partial charge < -0.3 is 10.2 Å². The van der Waals surface area contributed by atoms with E-state index < -0.39 is 5.82 Å². The van der Waals surface area contributed by atoms with E-state index in [0.29, 0.717) is 11.3 Å². The lowest BCUT2D eigenvalue weighted by Gasteiger charge is -2.21. The molecule has 2 amide bonds. The monoisotopic (exact) mass is 378 g/mol. The first-order valence-corrected chi connectivity index (χ1v) is 7.79. The fourth-order valence-electron chi connectivity index (χ4n) is 2.02. The van der Waals surface area contributed by atoms with E-state index in [1.807, 2.05) is 0 Å². The van der Waals surface area contributed by atoms with Gasteiger partial charge in [0.15, 0.2) is 0 Å². The topological polar surface area (TPSA) is 49.4 Å². The molecule has 0 saturated heterocycles. The zero-order chi connectivity index (χ0) is 16.8. The molecule has 0 aliphatic carbocycles. The second kappa shape index (κ2) is 7.87. The van der Waals surface area contributed by atoms with E-state index in [4.69, 9.17) is 0 Å². The molecule has 0 aliphatic heterocycles. The predicted molar refractivity (Wildman–Crippen MR) is 90.3 cm³/mol. The number of carbonyl (C=O) groups is 2. The highest BCUT2D eigenvalue weighted by Gasteiger charge is 2.16. The van der Waals surface area contributed by atoms with Crippen molar-refractivity contribution in [3.05, 3.63) is 64.4 Å². The number of amides is 2. The summed E-state index contributed by atoms with van der Waals surface area (Å²) in [6.45, 7) is 1.27. The van der Waals surface area contributed by atoms with Crippen molar-refractivity contribution in [1.82, 2.24) is 4.90 Å². The van der Waals surface area contributed by atoms with Gasteiger partial charge >= 0.3 is 0 Å². The van der Waals surface area contributed by atoms with Gasteiger partial charge in [0.05, 0.1) is 0 Å². The summed E-state index contributed by atoms with van der Waals surface area (Å²) in [7, 11) is 0. The van der Waals surface area contributed by atoms with Crippen molar-refractivity contribution in [2.45, 2.75) is 13.5 Å². The zero-order valence-corrected chi connectivity index (χ0v) is 14.1. The Hall–Kier alpha value is -2.21. The van der Waals surface area contributed by atoms with Crippen molar-refractivity contribution in [2.24, 2.45) is 0 Å². The Morgan fingerprint density at radius 2 is 1.78 bits per heavy atom. The lowest BCUT2D eigenvalue weighted by Crippen LogP contribution is -2.36. The Balaban J connectivity index is 2.01. The molecule has 120 valence electrons. The summed E-state index contributed by atoms with van der Waals surface area (Å²) < 4.78 is 14.6. The molecule has 4 nitrogen and oxygen atoms in total. The van der Waals surface area contributed by atoms with Crippen LogP contribution in [0.2, 0.25) is 0 Å². The molecule has 2 rings (SSSR count). The summed E-state index contributed by atoms with van der Waals surface area (Å²) in [4.78, 5) is 25.1. The van der Waals surface area contributed by atoms with E-state index in [2.05, 4.69) is 21.2 Å². The number of hydrogen-bond acceptors (Lipinski definition) is 2. The van der Waals surface area contributed by atoms with E-state index in [9.17, 15) is 14.0 Å². The van der Waals surface area contributed by atoms with Crippen LogP contribution in [0.3, 0.4) is 0 Å². The van der Waals surface area contributed by atoms with Crippen LogP contribution >= 0.6 is 15.9 Å². The average molecular weight is 379 g/mol. The molecule has 6 heteroatoms. The number of nitrogens with zero attached hydrogens (tertiary/aromatic N) is 1. The van der Waals surface area contributed by atoms with E-state index in [1.54, 1.807) is 42.5 Å². The summed E-state index contributed by atoms with van der Waals surface area (Å²) in [5.41, 5.74) is 1.01. The maximum absolute atomic E-state index is 13.7. The number of rotatable bonds is 5. The maximum atomic E-state index is 13.7. The van der Waals surface area contributed by atoms with Gasteiger partial charge in [0.1, 0.15) is 12.4 Å². The van der Waals surface area contributed by atoms with E-state index in [-0.39, 0.29) is 24.9 Å². The predicted octanol–water partition coefficient (Wildman–Crippen LogP) is 3.58. The third-order valence-corrected chi connectivity index (χ3v) is 3.76. The van der Waals surface area contributed by atoms with Crippen LogP contribution in [0.1, 0.15) is 12.5 Å². The molecule has 2 aromatic rings. The van der Waals surface area contributed by atoms with Gasteiger partial charge in [-0.25, -0.2) is 4.39 Å². The van der Waals surface area contributed by atoms with E-state index in [1.165, 1.54) is 17.9 Å². The Bertz CT molecular complexity index is 704. The third kappa shape index (κ3) is 5.17. The van der Waals surface area contributed by atoms with Gasteiger partial charge in [-0.2, -0.15) is 0 Å². The molecule has 0 aromatic heterocycles. The number of anilines is 1. The highest BCUT2D eigenvalue weighted by molar-refractivity contribution is 9.10. The number of hydrogen-bond donors (Lipinski definition) is 1. The van der Waals surface area contributed by atoms with Crippen LogP contribution in [0.25, 0.3) is 0 Å². The quantitative estimate of drug-likeness (QED) is 0.864. The van der Waals surface area contributed by atoms with Gasteiger partial charge in [0, 0.05) is 29.2 Å². The minimum atomic E-state index is -0.396. The normalized spacial score (nSPS) is 10.2. The molecule has 1 N–H and O–H groups in total. The molecule has 2 aromatic carbocycles. The molecule has 0 radical (unpaired) electrons. The maximum Gasteiger partial charge on any atom is 0.244 e. The van der Waals surface area contributed by atoms with Crippen LogP contribution in [0.15, 0.2) is 53.0 Å². The number of halogens is 2. The number of benzene rings is 2. The number of carbonyl (C=O) groups excluding carboxylic acids is 2. The molecule has 0 fully saturated rings. The van der Waals surface area contributed by atoms with Crippen LogP contribution in [0, 0.1) is 5.82 Å². The fourth-order valence-corrected chi connectivity index (χ4v) is 2.28. The third-order valence-electron chi connectivity index (χ3n) is 3.23. The van der Waals surface area contributed by atoms with Crippen molar-refractivity contribution < 1.29 is 14.0 Å². The largest absolute Gasteiger partial charge is 0.329 e. The lowest BCUT2D eigenvalue weighted by atomic mass is 10.2. The molecule has 0 unspecified atom stereocenters. The van der Waals surface area contributed by atoms with E-state index in [0.717, 1.165) is 4.47 Å². The lowest BCUT2D eigenvalue weighted by molar-refractivity contribution is -0.133. The Labute approximate surface area is 142 Å². The summed E-state index contributed by atoms with van der Waals surface area (Å²) >= 11 is 3.31. The molecule has 0 aliphatic rings. The van der Waals surface area contributed by atoms with Crippen LogP contribution < -0.4 is 5.32 Å². The van der Waals surface area contributed by atoms with Gasteiger partial charge in [0.25, 0.3) is 0 Å². The first-order valence-electron chi connectivity index (χ1n) is 7.00. The molecule has 0 saturated carbocycles. The molecule has 0 heterocycles. The second-order valence-corrected chi connectivity index (χ2v) is 5.94. The van der Waals surface area contributed by atoms with Crippen molar-refractivity contribution in [3.8, 4) is 0 Å². The van der Waals surface area contributed by atoms with Gasteiger partial charge in [-0.15, -0.1) is 0 Å². The van der Waals surface area contributed by atoms with Gasteiger partial charge in [-0.3, -0.25) is 9.59 Å². The van der Waals surface area contributed by atoms with Crippen molar-refractivity contribution in [3.63, 3.8) is 0 Å². The summed E-state index contributed by atoms with van der Waals surface area (Å²) in [6.07, 6.45) is 0.